The molecule has 4 rings (SSSR count). The van der Waals surface area contributed by atoms with Crippen molar-refractivity contribution in [3.63, 3.8) is 0 Å². The minimum Gasteiger partial charge on any atom is -0.396 e. The molecule has 2 fully saturated rings. The number of nitrogens with one attached hydrogen (secondary N) is 1. The number of nitrogens with zero attached hydrogens (tertiary/aromatic N) is 4. The van der Waals surface area contributed by atoms with Crippen molar-refractivity contribution in [2.24, 2.45) is 10.9 Å². The maximum atomic E-state index is 9.33. The van der Waals surface area contributed by atoms with Crippen LogP contribution in [-0.4, -0.2) is 79.3 Å². The maximum Gasteiger partial charge on any atom is 0.194 e. The lowest BCUT2D eigenvalue weighted by molar-refractivity contribution is 0.203. The standard InChI is InChI=1S/C24H37N5O.HI/c1-2-25-24(29-16-11-23(18-29)27-12-3-4-13-27)26-17-20-5-7-22(8-6-20)28-14-9-21(19-30)10-15-28;/h3-8,21,23,30H,2,9-19H2,1H3,(H,25,26);1H. The van der Waals surface area contributed by atoms with Crippen molar-refractivity contribution >= 4 is 35.6 Å². The van der Waals surface area contributed by atoms with E-state index in [1.165, 1.54) is 17.7 Å². The van der Waals surface area contributed by atoms with Crippen LogP contribution in [0.1, 0.15) is 31.7 Å². The van der Waals surface area contributed by atoms with E-state index in [-0.39, 0.29) is 24.0 Å². The van der Waals surface area contributed by atoms with Gasteiger partial charge in [-0.15, -0.1) is 24.0 Å². The fourth-order valence-electron chi connectivity index (χ4n) is 4.80. The van der Waals surface area contributed by atoms with Crippen LogP contribution >= 0.6 is 24.0 Å². The first kappa shape index (κ1) is 24.3. The molecule has 1 unspecified atom stereocenters. The number of anilines is 1. The Morgan fingerprint density at radius 3 is 2.42 bits per heavy atom. The third kappa shape index (κ3) is 6.35. The molecule has 0 saturated carbocycles. The van der Waals surface area contributed by atoms with E-state index in [1.54, 1.807) is 0 Å². The summed E-state index contributed by atoms with van der Waals surface area (Å²) in [6, 6.07) is 9.51. The molecule has 3 aliphatic heterocycles. The van der Waals surface area contributed by atoms with Gasteiger partial charge in [0.25, 0.3) is 0 Å². The van der Waals surface area contributed by atoms with Crippen LogP contribution in [0.25, 0.3) is 0 Å². The number of aliphatic hydroxyl groups excluding tert-OH is 1. The van der Waals surface area contributed by atoms with Gasteiger partial charge >= 0.3 is 0 Å². The molecule has 0 aliphatic carbocycles. The highest BCUT2D eigenvalue weighted by Crippen LogP contribution is 2.24. The topological polar surface area (TPSA) is 54.3 Å². The molecule has 2 saturated heterocycles. The number of hydrogen-bond acceptors (Lipinski definition) is 4. The van der Waals surface area contributed by atoms with Crippen LogP contribution in [0.15, 0.2) is 41.4 Å². The maximum absolute atomic E-state index is 9.33. The third-order valence-electron chi connectivity index (χ3n) is 6.75. The lowest BCUT2D eigenvalue weighted by atomic mass is 9.97. The van der Waals surface area contributed by atoms with Crippen LogP contribution in [0.3, 0.4) is 0 Å². The van der Waals surface area contributed by atoms with Gasteiger partial charge < -0.3 is 20.2 Å². The highest BCUT2D eigenvalue weighted by molar-refractivity contribution is 14.0. The van der Waals surface area contributed by atoms with Gasteiger partial charge in [-0.3, -0.25) is 4.90 Å². The van der Waals surface area contributed by atoms with Crippen LogP contribution in [-0.2, 0) is 6.54 Å². The highest BCUT2D eigenvalue weighted by atomic mass is 127. The van der Waals surface area contributed by atoms with Gasteiger partial charge in [-0.2, -0.15) is 0 Å². The Balaban J connectivity index is 0.00000272. The Bertz CT molecular complexity index is 722. The summed E-state index contributed by atoms with van der Waals surface area (Å²) in [4.78, 5) is 12.4. The molecular formula is C24H38IN5O. The van der Waals surface area contributed by atoms with Crippen LogP contribution in [0.2, 0.25) is 0 Å². The normalized spacial score (nSPS) is 22.8. The lowest BCUT2D eigenvalue weighted by Crippen LogP contribution is -2.42. The minimum absolute atomic E-state index is 0. The van der Waals surface area contributed by atoms with Crippen molar-refractivity contribution in [1.82, 2.24) is 15.1 Å². The number of rotatable bonds is 6. The number of halogens is 1. The van der Waals surface area contributed by atoms with Crippen LogP contribution in [0.4, 0.5) is 5.69 Å². The SMILES string of the molecule is CCNC(=NCc1ccc(N2CCC(CO)CC2)cc1)N1CCC(N2CC=CC2)C1.I. The predicted molar refractivity (Wildman–Crippen MR) is 139 cm³/mol. The molecule has 0 spiro atoms. The molecule has 172 valence electrons. The summed E-state index contributed by atoms with van der Waals surface area (Å²) in [5, 5.41) is 12.8. The zero-order valence-electron chi connectivity index (χ0n) is 18.7. The van der Waals surface area contributed by atoms with E-state index in [0.29, 0.717) is 25.1 Å². The van der Waals surface area contributed by atoms with Gasteiger partial charge in [0.05, 0.1) is 6.54 Å². The summed E-state index contributed by atoms with van der Waals surface area (Å²) < 4.78 is 0. The number of aliphatic hydroxyl groups is 1. The van der Waals surface area contributed by atoms with E-state index in [2.05, 4.69) is 63.4 Å². The average Bonchev–Trinajstić information content (AvgIpc) is 3.49. The van der Waals surface area contributed by atoms with E-state index in [4.69, 9.17) is 4.99 Å². The number of benzene rings is 1. The van der Waals surface area contributed by atoms with Crippen molar-refractivity contribution in [2.45, 2.75) is 38.8 Å². The molecule has 1 aromatic rings. The minimum atomic E-state index is 0. The molecular weight excluding hydrogens is 501 g/mol. The van der Waals surface area contributed by atoms with Crippen molar-refractivity contribution in [1.29, 1.82) is 0 Å². The molecule has 0 bridgehead atoms. The molecule has 3 heterocycles. The molecule has 0 radical (unpaired) electrons. The van der Waals surface area contributed by atoms with Gasteiger partial charge in [-0.05, 0) is 49.8 Å². The van der Waals surface area contributed by atoms with E-state index in [9.17, 15) is 5.11 Å². The van der Waals surface area contributed by atoms with Crippen molar-refractivity contribution in [3.05, 3.63) is 42.0 Å². The second kappa shape index (κ2) is 12.1. The fraction of sp³-hybridized carbons (Fsp3) is 0.625. The van der Waals surface area contributed by atoms with Crippen molar-refractivity contribution in [2.75, 3.05) is 57.3 Å². The summed E-state index contributed by atoms with van der Waals surface area (Å²) in [6.45, 7) is 10.5. The van der Waals surface area contributed by atoms with Crippen LogP contribution < -0.4 is 10.2 Å². The molecule has 2 N–H and O–H groups in total. The highest BCUT2D eigenvalue weighted by Gasteiger charge is 2.29. The second-order valence-corrected chi connectivity index (χ2v) is 8.76. The Kier molecular flexibility index (Phi) is 9.47. The first-order chi connectivity index (χ1) is 14.8. The van der Waals surface area contributed by atoms with Gasteiger partial charge in [0.15, 0.2) is 5.96 Å². The Morgan fingerprint density at radius 1 is 1.06 bits per heavy atom. The van der Waals surface area contributed by atoms with Crippen molar-refractivity contribution < 1.29 is 5.11 Å². The zero-order chi connectivity index (χ0) is 20.8. The summed E-state index contributed by atoms with van der Waals surface area (Å²) in [5.41, 5.74) is 2.53. The Hall–Kier alpha value is -1.32. The molecule has 0 aromatic heterocycles. The third-order valence-corrected chi connectivity index (χ3v) is 6.75. The van der Waals surface area contributed by atoms with Crippen LogP contribution in [0, 0.1) is 5.92 Å². The van der Waals surface area contributed by atoms with E-state index < -0.39 is 0 Å². The van der Waals surface area contributed by atoms with Gasteiger partial charge in [0, 0.05) is 64.1 Å². The van der Waals surface area contributed by atoms with Gasteiger partial charge in [-0.1, -0.05) is 24.3 Å². The van der Waals surface area contributed by atoms with E-state index in [1.807, 2.05) is 0 Å². The number of likely N-dealkylation sites (tertiary alicyclic amines) is 1. The summed E-state index contributed by atoms with van der Waals surface area (Å²) in [5.74, 6) is 1.52. The molecule has 6 nitrogen and oxygen atoms in total. The molecule has 31 heavy (non-hydrogen) atoms. The second-order valence-electron chi connectivity index (χ2n) is 8.76. The lowest BCUT2D eigenvalue weighted by Gasteiger charge is -2.32. The van der Waals surface area contributed by atoms with E-state index >= 15 is 0 Å². The summed E-state index contributed by atoms with van der Waals surface area (Å²) in [7, 11) is 0. The van der Waals surface area contributed by atoms with E-state index in [0.717, 1.165) is 64.6 Å². The quantitative estimate of drug-likeness (QED) is 0.252. The van der Waals surface area contributed by atoms with Crippen LogP contribution in [0.5, 0.6) is 0 Å². The smallest absolute Gasteiger partial charge is 0.194 e. The largest absolute Gasteiger partial charge is 0.396 e. The fourth-order valence-corrected chi connectivity index (χ4v) is 4.80. The van der Waals surface area contributed by atoms with Gasteiger partial charge in [0.1, 0.15) is 0 Å². The Labute approximate surface area is 204 Å². The monoisotopic (exact) mass is 539 g/mol. The number of piperidine rings is 1. The molecule has 3 aliphatic rings. The summed E-state index contributed by atoms with van der Waals surface area (Å²) in [6.07, 6.45) is 7.94. The molecule has 1 aromatic carbocycles. The van der Waals surface area contributed by atoms with Gasteiger partial charge in [0.2, 0.25) is 0 Å². The predicted octanol–water partition coefficient (Wildman–Crippen LogP) is 2.92. The average molecular weight is 540 g/mol. The first-order valence-electron chi connectivity index (χ1n) is 11.6. The zero-order valence-corrected chi connectivity index (χ0v) is 21.1. The number of aliphatic imine (C=N–C) groups is 1. The summed E-state index contributed by atoms with van der Waals surface area (Å²) >= 11 is 0. The molecule has 0 amide bonds. The number of guanidine groups is 1. The first-order valence-corrected chi connectivity index (χ1v) is 11.6. The molecule has 7 heteroatoms. The van der Waals surface area contributed by atoms with Gasteiger partial charge in [-0.25, -0.2) is 4.99 Å². The number of hydrogen-bond donors (Lipinski definition) is 2. The van der Waals surface area contributed by atoms with Crippen molar-refractivity contribution in [3.8, 4) is 0 Å². The molecule has 1 atom stereocenters. The Morgan fingerprint density at radius 2 is 1.77 bits per heavy atom.